The van der Waals surface area contributed by atoms with Gasteiger partial charge in [0.25, 0.3) is 0 Å². The quantitative estimate of drug-likeness (QED) is 0.814. The molecule has 0 spiro atoms. The SMILES string of the molecule is CC(O)/C=C/c1ccccc1OCC#N. The summed E-state index contributed by atoms with van der Waals surface area (Å²) in [5.41, 5.74) is 0.855. The third-order valence-electron chi connectivity index (χ3n) is 1.77. The summed E-state index contributed by atoms with van der Waals surface area (Å²) < 4.78 is 5.22. The number of nitrogens with zero attached hydrogens (tertiary/aromatic N) is 1. The van der Waals surface area contributed by atoms with Crippen molar-refractivity contribution in [3.8, 4) is 11.8 Å². The summed E-state index contributed by atoms with van der Waals surface area (Å²) in [6, 6.07) is 9.29. The van der Waals surface area contributed by atoms with Gasteiger partial charge in [-0.25, -0.2) is 0 Å². The predicted octanol–water partition coefficient (Wildman–Crippen LogP) is 1.98. The van der Waals surface area contributed by atoms with E-state index in [0.717, 1.165) is 5.56 Å². The van der Waals surface area contributed by atoms with Crippen molar-refractivity contribution in [2.75, 3.05) is 6.61 Å². The molecule has 1 atom stereocenters. The number of ether oxygens (including phenoxy) is 1. The highest BCUT2D eigenvalue weighted by Crippen LogP contribution is 2.19. The fraction of sp³-hybridized carbons (Fsp3) is 0.250. The molecule has 1 rings (SSSR count). The van der Waals surface area contributed by atoms with Crippen molar-refractivity contribution in [1.82, 2.24) is 0 Å². The first kappa shape index (κ1) is 11.3. The Kier molecular flexibility index (Phi) is 4.39. The molecule has 1 unspecified atom stereocenters. The van der Waals surface area contributed by atoms with E-state index in [1.54, 1.807) is 25.1 Å². The molecule has 0 saturated heterocycles. The Morgan fingerprint density at radius 1 is 1.53 bits per heavy atom. The van der Waals surface area contributed by atoms with Gasteiger partial charge >= 0.3 is 0 Å². The Morgan fingerprint density at radius 2 is 2.27 bits per heavy atom. The van der Waals surface area contributed by atoms with E-state index in [1.165, 1.54) is 0 Å². The van der Waals surface area contributed by atoms with Gasteiger partial charge in [-0.3, -0.25) is 0 Å². The smallest absolute Gasteiger partial charge is 0.174 e. The predicted molar refractivity (Wildman–Crippen MR) is 58.3 cm³/mol. The van der Waals surface area contributed by atoms with Crippen LogP contribution in [0.15, 0.2) is 30.3 Å². The Labute approximate surface area is 89.2 Å². The van der Waals surface area contributed by atoms with Gasteiger partial charge in [0.05, 0.1) is 6.10 Å². The maximum atomic E-state index is 9.10. The molecule has 0 aliphatic carbocycles. The number of para-hydroxylation sites is 1. The first-order valence-corrected chi connectivity index (χ1v) is 4.69. The topological polar surface area (TPSA) is 53.2 Å². The van der Waals surface area contributed by atoms with Gasteiger partial charge in [-0.1, -0.05) is 30.4 Å². The fourth-order valence-corrected chi connectivity index (χ4v) is 1.10. The molecule has 0 bridgehead atoms. The van der Waals surface area contributed by atoms with Crippen LogP contribution in [0.5, 0.6) is 5.75 Å². The number of hydrogen-bond donors (Lipinski definition) is 1. The van der Waals surface area contributed by atoms with Crippen molar-refractivity contribution in [3.05, 3.63) is 35.9 Å². The summed E-state index contributed by atoms with van der Waals surface area (Å²) in [6.07, 6.45) is 2.94. The summed E-state index contributed by atoms with van der Waals surface area (Å²) in [4.78, 5) is 0. The monoisotopic (exact) mass is 203 g/mol. The van der Waals surface area contributed by atoms with E-state index in [0.29, 0.717) is 5.75 Å². The summed E-state index contributed by atoms with van der Waals surface area (Å²) in [5.74, 6) is 0.649. The van der Waals surface area contributed by atoms with Gasteiger partial charge in [0, 0.05) is 5.56 Å². The van der Waals surface area contributed by atoms with E-state index in [4.69, 9.17) is 15.1 Å². The standard InChI is InChI=1S/C12H13NO2/c1-10(14)6-7-11-4-2-3-5-12(11)15-9-8-13/h2-7,10,14H,9H2,1H3/b7-6+. The van der Waals surface area contributed by atoms with Crippen LogP contribution in [0.1, 0.15) is 12.5 Å². The van der Waals surface area contributed by atoms with Crippen LogP contribution in [0, 0.1) is 11.3 Å². The average Bonchev–Trinajstić information content (AvgIpc) is 2.24. The van der Waals surface area contributed by atoms with Crippen LogP contribution in [-0.2, 0) is 0 Å². The lowest BCUT2D eigenvalue weighted by molar-refractivity contribution is 0.245. The second-order valence-electron chi connectivity index (χ2n) is 3.08. The largest absolute Gasteiger partial charge is 0.478 e. The average molecular weight is 203 g/mol. The second-order valence-corrected chi connectivity index (χ2v) is 3.08. The first-order valence-electron chi connectivity index (χ1n) is 4.69. The zero-order valence-electron chi connectivity index (χ0n) is 8.55. The third kappa shape index (κ3) is 3.84. The van der Waals surface area contributed by atoms with Crippen molar-refractivity contribution < 1.29 is 9.84 Å². The summed E-state index contributed by atoms with van der Waals surface area (Å²) in [7, 11) is 0. The normalized spacial score (nSPS) is 12.3. The van der Waals surface area contributed by atoms with Crippen molar-refractivity contribution in [2.24, 2.45) is 0 Å². The van der Waals surface area contributed by atoms with Crippen LogP contribution in [0.25, 0.3) is 6.08 Å². The molecule has 1 N–H and O–H groups in total. The van der Waals surface area contributed by atoms with Crippen molar-refractivity contribution in [2.45, 2.75) is 13.0 Å². The van der Waals surface area contributed by atoms with Gasteiger partial charge in [0.2, 0.25) is 0 Å². The van der Waals surface area contributed by atoms with Crippen LogP contribution < -0.4 is 4.74 Å². The van der Waals surface area contributed by atoms with Gasteiger partial charge in [-0.05, 0) is 13.0 Å². The number of rotatable bonds is 4. The van der Waals surface area contributed by atoms with Gasteiger partial charge in [-0.2, -0.15) is 5.26 Å². The van der Waals surface area contributed by atoms with E-state index in [2.05, 4.69) is 0 Å². The van der Waals surface area contributed by atoms with E-state index in [-0.39, 0.29) is 6.61 Å². The van der Waals surface area contributed by atoms with Crippen LogP contribution in [0.4, 0.5) is 0 Å². The number of benzene rings is 1. The Bertz CT molecular complexity index is 377. The van der Waals surface area contributed by atoms with Crippen molar-refractivity contribution >= 4 is 6.08 Å². The first-order chi connectivity index (χ1) is 7.24. The molecular weight excluding hydrogens is 190 g/mol. The Hall–Kier alpha value is -1.79. The molecule has 0 aromatic heterocycles. The molecule has 78 valence electrons. The molecule has 0 saturated carbocycles. The lowest BCUT2D eigenvalue weighted by Gasteiger charge is -2.05. The minimum atomic E-state index is -0.492. The third-order valence-corrected chi connectivity index (χ3v) is 1.77. The minimum absolute atomic E-state index is 0.0273. The molecule has 0 aliphatic rings. The van der Waals surface area contributed by atoms with E-state index in [1.807, 2.05) is 24.3 Å². The van der Waals surface area contributed by atoms with E-state index in [9.17, 15) is 0 Å². The summed E-state index contributed by atoms with van der Waals surface area (Å²) in [5, 5.41) is 17.5. The highest BCUT2D eigenvalue weighted by Gasteiger charge is 1.98. The van der Waals surface area contributed by atoms with E-state index >= 15 is 0 Å². The summed E-state index contributed by atoms with van der Waals surface area (Å²) in [6.45, 7) is 1.70. The number of nitriles is 1. The molecule has 1 aromatic rings. The maximum Gasteiger partial charge on any atom is 0.174 e. The van der Waals surface area contributed by atoms with Crippen molar-refractivity contribution in [1.29, 1.82) is 5.26 Å². The maximum absolute atomic E-state index is 9.10. The van der Waals surface area contributed by atoms with Gasteiger partial charge in [0.1, 0.15) is 11.8 Å². The Morgan fingerprint density at radius 3 is 2.93 bits per heavy atom. The lowest BCUT2D eigenvalue weighted by Crippen LogP contribution is -1.96. The van der Waals surface area contributed by atoms with Crippen LogP contribution in [-0.4, -0.2) is 17.8 Å². The highest BCUT2D eigenvalue weighted by molar-refractivity contribution is 5.57. The molecule has 0 radical (unpaired) electrons. The van der Waals surface area contributed by atoms with Crippen LogP contribution in [0.2, 0.25) is 0 Å². The van der Waals surface area contributed by atoms with Gasteiger partial charge < -0.3 is 9.84 Å². The Balaban J connectivity index is 2.82. The zero-order chi connectivity index (χ0) is 11.1. The molecule has 0 amide bonds. The van der Waals surface area contributed by atoms with Gasteiger partial charge in [-0.15, -0.1) is 0 Å². The zero-order valence-corrected chi connectivity index (χ0v) is 8.55. The molecule has 0 heterocycles. The molecule has 1 aromatic carbocycles. The molecule has 3 heteroatoms. The number of hydrogen-bond acceptors (Lipinski definition) is 3. The highest BCUT2D eigenvalue weighted by atomic mass is 16.5. The van der Waals surface area contributed by atoms with Crippen molar-refractivity contribution in [3.63, 3.8) is 0 Å². The number of aliphatic hydroxyl groups excluding tert-OH is 1. The lowest BCUT2D eigenvalue weighted by atomic mass is 10.1. The molecular formula is C12H13NO2. The summed E-state index contributed by atoms with van der Waals surface area (Å²) >= 11 is 0. The van der Waals surface area contributed by atoms with E-state index < -0.39 is 6.10 Å². The molecule has 15 heavy (non-hydrogen) atoms. The minimum Gasteiger partial charge on any atom is -0.478 e. The second kappa shape index (κ2) is 5.84. The molecule has 3 nitrogen and oxygen atoms in total. The van der Waals surface area contributed by atoms with Crippen LogP contribution >= 0.6 is 0 Å². The number of aliphatic hydroxyl groups is 1. The molecule has 0 fully saturated rings. The molecule has 0 aliphatic heterocycles. The van der Waals surface area contributed by atoms with Gasteiger partial charge in [0.15, 0.2) is 6.61 Å². The van der Waals surface area contributed by atoms with Crippen LogP contribution in [0.3, 0.4) is 0 Å². The fourth-order valence-electron chi connectivity index (χ4n) is 1.10.